The molecule has 1 aliphatic rings. The van der Waals surface area contributed by atoms with Crippen molar-refractivity contribution in [1.29, 1.82) is 0 Å². The molecule has 2 aromatic carbocycles. The number of aliphatic hydroxyl groups excluding tert-OH is 2. The van der Waals surface area contributed by atoms with Crippen LogP contribution in [0.25, 0.3) is 11.1 Å². The van der Waals surface area contributed by atoms with Crippen molar-refractivity contribution in [2.24, 2.45) is 0 Å². The third-order valence-corrected chi connectivity index (χ3v) is 4.73. The fraction of sp³-hybridized carbons (Fsp3) is 0.381. The highest BCUT2D eigenvalue weighted by molar-refractivity contribution is 5.78. The quantitative estimate of drug-likeness (QED) is 0.634. The van der Waals surface area contributed by atoms with Crippen molar-refractivity contribution in [3.63, 3.8) is 0 Å². The van der Waals surface area contributed by atoms with Gasteiger partial charge in [0.05, 0.1) is 18.7 Å². The van der Waals surface area contributed by atoms with E-state index in [0.29, 0.717) is 29.8 Å². The van der Waals surface area contributed by atoms with E-state index in [2.05, 4.69) is 5.32 Å². The molecule has 0 aromatic heterocycles. The van der Waals surface area contributed by atoms with Crippen molar-refractivity contribution in [3.8, 4) is 16.9 Å². The molecule has 3 N–H and O–H groups in total. The van der Waals surface area contributed by atoms with Crippen LogP contribution in [0.4, 0.5) is 13.2 Å². The van der Waals surface area contributed by atoms with Crippen LogP contribution in [0, 0.1) is 0 Å². The average molecular weight is 424 g/mol. The van der Waals surface area contributed by atoms with E-state index in [-0.39, 0.29) is 38.0 Å². The fourth-order valence-corrected chi connectivity index (χ4v) is 3.21. The maximum atomic E-state index is 13.3. The lowest BCUT2D eigenvalue weighted by Crippen LogP contribution is -2.50. The first-order valence-corrected chi connectivity index (χ1v) is 9.47. The normalized spacial score (nSPS) is 16.2. The Bertz CT molecular complexity index is 872. The minimum absolute atomic E-state index is 0.0125. The van der Waals surface area contributed by atoms with Crippen LogP contribution in [-0.2, 0) is 17.6 Å². The first-order valence-electron chi connectivity index (χ1n) is 9.47. The molecule has 30 heavy (non-hydrogen) atoms. The predicted octanol–water partition coefficient (Wildman–Crippen LogP) is 2.04. The second-order valence-electron chi connectivity index (χ2n) is 7.15. The van der Waals surface area contributed by atoms with Gasteiger partial charge < -0.3 is 20.3 Å². The number of rotatable bonds is 7. The molecule has 0 bridgehead atoms. The van der Waals surface area contributed by atoms with Crippen molar-refractivity contribution < 1.29 is 32.9 Å². The van der Waals surface area contributed by atoms with Crippen LogP contribution in [0.5, 0.6) is 5.75 Å². The van der Waals surface area contributed by atoms with Crippen LogP contribution >= 0.6 is 0 Å². The zero-order valence-electron chi connectivity index (χ0n) is 16.2. The van der Waals surface area contributed by atoms with Gasteiger partial charge in [0.25, 0.3) is 0 Å². The van der Waals surface area contributed by atoms with Gasteiger partial charge in [-0.2, -0.15) is 13.2 Å². The van der Waals surface area contributed by atoms with Crippen molar-refractivity contribution in [2.75, 3.05) is 32.8 Å². The van der Waals surface area contributed by atoms with Gasteiger partial charge in [-0.25, -0.2) is 0 Å². The van der Waals surface area contributed by atoms with Crippen molar-refractivity contribution in [3.05, 3.63) is 53.6 Å². The van der Waals surface area contributed by atoms with Gasteiger partial charge in [-0.15, -0.1) is 0 Å². The SMILES string of the molecule is O=C1CN(CC(O)COc2cc(-c3ccc(CO)cc3)cc(C(F)(F)F)c2)CCN1. The molecule has 1 aliphatic heterocycles. The van der Waals surface area contributed by atoms with Gasteiger partial charge in [0.15, 0.2) is 0 Å². The number of halogens is 3. The Kier molecular flexibility index (Phi) is 6.96. The maximum absolute atomic E-state index is 13.3. The number of ether oxygens (including phenoxy) is 1. The summed E-state index contributed by atoms with van der Waals surface area (Å²) in [7, 11) is 0. The smallest absolute Gasteiger partial charge is 0.416 e. The van der Waals surface area contributed by atoms with E-state index in [1.54, 1.807) is 29.2 Å². The summed E-state index contributed by atoms with van der Waals surface area (Å²) in [5, 5.41) is 22.0. The lowest BCUT2D eigenvalue weighted by molar-refractivity contribution is -0.137. The average Bonchev–Trinajstić information content (AvgIpc) is 2.71. The van der Waals surface area contributed by atoms with Gasteiger partial charge >= 0.3 is 6.18 Å². The first kappa shape index (κ1) is 22.1. The highest BCUT2D eigenvalue weighted by atomic mass is 19.4. The third-order valence-electron chi connectivity index (χ3n) is 4.73. The molecule has 3 rings (SSSR count). The first-order chi connectivity index (χ1) is 14.2. The molecule has 9 heteroatoms. The molecule has 1 unspecified atom stereocenters. The van der Waals surface area contributed by atoms with Gasteiger partial charge in [0.1, 0.15) is 18.5 Å². The van der Waals surface area contributed by atoms with Crippen molar-refractivity contribution >= 4 is 5.91 Å². The minimum Gasteiger partial charge on any atom is -0.491 e. The molecule has 1 fully saturated rings. The molecular formula is C21H23F3N2O4. The van der Waals surface area contributed by atoms with E-state index in [1.807, 2.05) is 0 Å². The molecule has 0 saturated carbocycles. The summed E-state index contributed by atoms with van der Waals surface area (Å²) in [4.78, 5) is 13.1. The minimum atomic E-state index is -4.56. The second kappa shape index (κ2) is 9.46. The van der Waals surface area contributed by atoms with Gasteiger partial charge in [-0.05, 0) is 34.9 Å². The molecule has 0 spiro atoms. The number of carbonyl (C=O) groups is 1. The van der Waals surface area contributed by atoms with E-state index >= 15 is 0 Å². The summed E-state index contributed by atoms with van der Waals surface area (Å²) < 4.78 is 45.5. The zero-order valence-corrected chi connectivity index (χ0v) is 16.2. The number of piperazine rings is 1. The molecular weight excluding hydrogens is 401 g/mol. The lowest BCUT2D eigenvalue weighted by atomic mass is 10.0. The Morgan fingerprint density at radius 1 is 1.13 bits per heavy atom. The van der Waals surface area contributed by atoms with E-state index in [1.165, 1.54) is 6.07 Å². The van der Waals surface area contributed by atoms with E-state index < -0.39 is 17.8 Å². The van der Waals surface area contributed by atoms with E-state index in [0.717, 1.165) is 12.1 Å². The molecule has 162 valence electrons. The number of hydrogen-bond donors (Lipinski definition) is 3. The summed E-state index contributed by atoms with van der Waals surface area (Å²) in [6, 6.07) is 9.92. The fourth-order valence-electron chi connectivity index (χ4n) is 3.21. The molecule has 1 saturated heterocycles. The molecule has 6 nitrogen and oxygen atoms in total. The van der Waals surface area contributed by atoms with Gasteiger partial charge in [-0.3, -0.25) is 9.69 Å². The van der Waals surface area contributed by atoms with Crippen molar-refractivity contribution in [2.45, 2.75) is 18.9 Å². The van der Waals surface area contributed by atoms with Crippen LogP contribution in [0.15, 0.2) is 42.5 Å². The maximum Gasteiger partial charge on any atom is 0.416 e. The monoisotopic (exact) mass is 424 g/mol. The molecule has 1 heterocycles. The van der Waals surface area contributed by atoms with Crippen LogP contribution in [0.2, 0.25) is 0 Å². The molecule has 2 aromatic rings. The Balaban J connectivity index is 1.73. The Morgan fingerprint density at radius 2 is 1.87 bits per heavy atom. The number of hydrogen-bond acceptors (Lipinski definition) is 5. The standard InChI is InChI=1S/C21H23F3N2O4/c22-21(23,24)17-7-16(15-3-1-14(12-27)2-4-15)8-19(9-17)30-13-18(28)10-26-6-5-25-20(29)11-26/h1-4,7-9,18,27-28H,5-6,10-13H2,(H,25,29). The lowest BCUT2D eigenvalue weighted by Gasteiger charge is -2.28. The van der Waals surface area contributed by atoms with Crippen LogP contribution in [-0.4, -0.2) is 59.9 Å². The number of aliphatic hydroxyl groups is 2. The number of alkyl halides is 3. The number of β-amino-alcohol motifs (C(OH)–C–C–N with tert-alkyl or cyclic N) is 1. The Labute approximate surface area is 171 Å². The highest BCUT2D eigenvalue weighted by Gasteiger charge is 2.31. The van der Waals surface area contributed by atoms with Gasteiger partial charge in [-0.1, -0.05) is 24.3 Å². The largest absolute Gasteiger partial charge is 0.491 e. The number of amides is 1. The predicted molar refractivity (Wildman–Crippen MR) is 104 cm³/mol. The number of carbonyl (C=O) groups excluding carboxylic acids is 1. The molecule has 1 amide bonds. The summed E-state index contributed by atoms with van der Waals surface area (Å²) in [5.74, 6) is -0.148. The Hall–Kier alpha value is -2.62. The van der Waals surface area contributed by atoms with Crippen LogP contribution < -0.4 is 10.1 Å². The van der Waals surface area contributed by atoms with Gasteiger partial charge in [0.2, 0.25) is 5.91 Å². The highest BCUT2D eigenvalue weighted by Crippen LogP contribution is 2.35. The summed E-state index contributed by atoms with van der Waals surface area (Å²) in [6.45, 7) is 1.05. The van der Waals surface area contributed by atoms with Crippen LogP contribution in [0.1, 0.15) is 11.1 Å². The molecule has 0 radical (unpaired) electrons. The van der Waals surface area contributed by atoms with Crippen LogP contribution in [0.3, 0.4) is 0 Å². The summed E-state index contributed by atoms with van der Waals surface area (Å²) >= 11 is 0. The zero-order chi connectivity index (χ0) is 21.7. The molecule has 0 aliphatic carbocycles. The number of nitrogens with zero attached hydrogens (tertiary/aromatic N) is 1. The van der Waals surface area contributed by atoms with Gasteiger partial charge in [0, 0.05) is 19.6 Å². The second-order valence-corrected chi connectivity index (χ2v) is 7.15. The topological polar surface area (TPSA) is 82.0 Å². The number of benzene rings is 2. The molecule has 1 atom stereocenters. The summed E-state index contributed by atoms with van der Waals surface area (Å²) in [6.07, 6.45) is -5.52. The Morgan fingerprint density at radius 3 is 2.50 bits per heavy atom. The third kappa shape index (κ3) is 5.94. The number of nitrogens with one attached hydrogen (secondary N) is 1. The van der Waals surface area contributed by atoms with E-state index in [4.69, 9.17) is 9.84 Å². The van der Waals surface area contributed by atoms with Crippen molar-refractivity contribution in [1.82, 2.24) is 10.2 Å². The van der Waals surface area contributed by atoms with E-state index in [9.17, 15) is 23.1 Å². The summed E-state index contributed by atoms with van der Waals surface area (Å²) in [5.41, 5.74) is 0.648.